The minimum atomic E-state index is 0.258. The zero-order chi connectivity index (χ0) is 10.1. The lowest BCUT2D eigenvalue weighted by Gasteiger charge is -2.31. The number of hydrogen-bond donors (Lipinski definition) is 1. The Balaban J connectivity index is 2.20. The Morgan fingerprint density at radius 2 is 2.29 bits per heavy atom. The molecule has 3 unspecified atom stereocenters. The Kier molecular flexibility index (Phi) is 2.54. The van der Waals surface area contributed by atoms with Crippen LogP contribution in [0, 0.1) is 5.92 Å². The van der Waals surface area contributed by atoms with E-state index in [0.29, 0.717) is 5.92 Å². The van der Waals surface area contributed by atoms with Crippen LogP contribution in [0.15, 0.2) is 6.33 Å². The molecule has 14 heavy (non-hydrogen) atoms. The summed E-state index contributed by atoms with van der Waals surface area (Å²) >= 11 is 0. The van der Waals surface area contributed by atoms with E-state index in [1.54, 1.807) is 6.33 Å². The van der Waals surface area contributed by atoms with Crippen molar-refractivity contribution in [1.29, 1.82) is 0 Å². The fourth-order valence-electron chi connectivity index (χ4n) is 2.33. The van der Waals surface area contributed by atoms with Crippen LogP contribution in [0.25, 0.3) is 0 Å². The molecule has 1 aliphatic carbocycles. The van der Waals surface area contributed by atoms with E-state index in [4.69, 9.17) is 5.73 Å². The lowest BCUT2D eigenvalue weighted by molar-refractivity contribution is 0.294. The van der Waals surface area contributed by atoms with Crippen molar-refractivity contribution in [3.05, 3.63) is 12.2 Å². The van der Waals surface area contributed by atoms with Gasteiger partial charge in [0.1, 0.15) is 12.2 Å². The van der Waals surface area contributed by atoms with Gasteiger partial charge in [0, 0.05) is 19.0 Å². The Labute approximate surface area is 84.5 Å². The third kappa shape index (κ3) is 1.66. The lowest BCUT2D eigenvalue weighted by atomic mass is 9.79. The average Bonchev–Trinajstić information content (AvgIpc) is 2.56. The normalized spacial score (nSPS) is 33.2. The number of aryl methyl sites for hydroxylation is 1. The zero-order valence-corrected chi connectivity index (χ0v) is 8.85. The quantitative estimate of drug-likeness (QED) is 0.727. The molecule has 0 aromatic carbocycles. The fourth-order valence-corrected chi connectivity index (χ4v) is 2.33. The highest BCUT2D eigenvalue weighted by molar-refractivity contribution is 5.03. The van der Waals surface area contributed by atoms with Crippen molar-refractivity contribution in [3.63, 3.8) is 0 Å². The lowest BCUT2D eigenvalue weighted by Crippen LogP contribution is -2.35. The van der Waals surface area contributed by atoms with E-state index in [1.165, 1.54) is 6.42 Å². The van der Waals surface area contributed by atoms with Crippen LogP contribution in [0.3, 0.4) is 0 Å². The SMILES string of the molecule is CC1CCC(N)C(c2nncn2C)C1. The monoisotopic (exact) mass is 194 g/mol. The van der Waals surface area contributed by atoms with Gasteiger partial charge in [-0.3, -0.25) is 0 Å². The van der Waals surface area contributed by atoms with Crippen molar-refractivity contribution in [2.45, 2.75) is 38.1 Å². The van der Waals surface area contributed by atoms with Crippen molar-refractivity contribution < 1.29 is 0 Å². The van der Waals surface area contributed by atoms with Gasteiger partial charge in [-0.1, -0.05) is 6.92 Å². The van der Waals surface area contributed by atoms with Gasteiger partial charge in [0.2, 0.25) is 0 Å². The summed E-state index contributed by atoms with van der Waals surface area (Å²) in [5.74, 6) is 2.20. The molecule has 4 nitrogen and oxygen atoms in total. The molecular weight excluding hydrogens is 176 g/mol. The van der Waals surface area contributed by atoms with Crippen LogP contribution in [0.1, 0.15) is 37.9 Å². The summed E-state index contributed by atoms with van der Waals surface area (Å²) in [6.45, 7) is 2.29. The zero-order valence-electron chi connectivity index (χ0n) is 8.85. The molecule has 1 aliphatic rings. The first-order valence-electron chi connectivity index (χ1n) is 5.28. The first kappa shape index (κ1) is 9.65. The smallest absolute Gasteiger partial charge is 0.137 e. The van der Waals surface area contributed by atoms with Crippen LogP contribution in [0.4, 0.5) is 0 Å². The molecule has 0 aliphatic heterocycles. The second-order valence-corrected chi connectivity index (χ2v) is 4.49. The molecule has 3 atom stereocenters. The summed E-state index contributed by atoms with van der Waals surface area (Å²) in [6, 6.07) is 0.258. The standard InChI is InChI=1S/C10H18N4/c1-7-3-4-9(11)8(5-7)10-13-12-6-14(10)2/h6-9H,3-5,11H2,1-2H3. The molecule has 1 saturated carbocycles. The molecule has 1 aromatic rings. The van der Waals surface area contributed by atoms with Gasteiger partial charge >= 0.3 is 0 Å². The third-order valence-electron chi connectivity index (χ3n) is 3.24. The highest BCUT2D eigenvalue weighted by Gasteiger charge is 2.30. The Morgan fingerprint density at radius 1 is 1.50 bits per heavy atom. The third-order valence-corrected chi connectivity index (χ3v) is 3.24. The summed E-state index contributed by atoms with van der Waals surface area (Å²) in [5, 5.41) is 8.07. The molecule has 2 N–H and O–H groups in total. The molecule has 1 heterocycles. The van der Waals surface area contributed by atoms with E-state index in [1.807, 2.05) is 11.6 Å². The van der Waals surface area contributed by atoms with Gasteiger partial charge in [0.05, 0.1) is 0 Å². The van der Waals surface area contributed by atoms with Crippen LogP contribution in [-0.2, 0) is 7.05 Å². The predicted molar refractivity (Wildman–Crippen MR) is 54.7 cm³/mol. The molecule has 0 spiro atoms. The van der Waals surface area contributed by atoms with Crippen molar-refractivity contribution in [2.24, 2.45) is 18.7 Å². The number of aromatic nitrogens is 3. The molecule has 1 aromatic heterocycles. The molecular formula is C10H18N4. The van der Waals surface area contributed by atoms with Gasteiger partial charge in [-0.05, 0) is 25.2 Å². The summed E-state index contributed by atoms with van der Waals surface area (Å²) < 4.78 is 1.99. The second kappa shape index (κ2) is 3.69. The van der Waals surface area contributed by atoms with Crippen LogP contribution < -0.4 is 5.73 Å². The maximum atomic E-state index is 6.12. The number of nitrogens with zero attached hydrogens (tertiary/aromatic N) is 3. The van der Waals surface area contributed by atoms with Crippen LogP contribution in [0.2, 0.25) is 0 Å². The molecule has 78 valence electrons. The molecule has 4 heteroatoms. The van der Waals surface area contributed by atoms with E-state index in [-0.39, 0.29) is 6.04 Å². The van der Waals surface area contributed by atoms with Crippen molar-refractivity contribution >= 4 is 0 Å². The van der Waals surface area contributed by atoms with Gasteiger partial charge in [0.25, 0.3) is 0 Å². The Bertz CT molecular complexity index is 307. The van der Waals surface area contributed by atoms with Gasteiger partial charge in [-0.25, -0.2) is 0 Å². The minimum Gasteiger partial charge on any atom is -0.327 e. The molecule has 2 rings (SSSR count). The van der Waals surface area contributed by atoms with Gasteiger partial charge in [-0.2, -0.15) is 0 Å². The summed E-state index contributed by atoms with van der Waals surface area (Å²) in [7, 11) is 1.99. The summed E-state index contributed by atoms with van der Waals surface area (Å²) in [4.78, 5) is 0. The number of rotatable bonds is 1. The minimum absolute atomic E-state index is 0.258. The number of nitrogens with two attached hydrogens (primary N) is 1. The van der Waals surface area contributed by atoms with Gasteiger partial charge in [0.15, 0.2) is 0 Å². The Morgan fingerprint density at radius 3 is 2.93 bits per heavy atom. The Hall–Kier alpha value is -0.900. The molecule has 0 bridgehead atoms. The van der Waals surface area contributed by atoms with Crippen LogP contribution in [-0.4, -0.2) is 20.8 Å². The highest BCUT2D eigenvalue weighted by Crippen LogP contribution is 2.33. The highest BCUT2D eigenvalue weighted by atomic mass is 15.3. The van der Waals surface area contributed by atoms with E-state index in [0.717, 1.165) is 24.6 Å². The predicted octanol–water partition coefficient (Wildman–Crippen LogP) is 1.05. The average molecular weight is 194 g/mol. The van der Waals surface area contributed by atoms with Crippen LogP contribution >= 0.6 is 0 Å². The van der Waals surface area contributed by atoms with Crippen molar-refractivity contribution in [2.75, 3.05) is 0 Å². The van der Waals surface area contributed by atoms with E-state index in [9.17, 15) is 0 Å². The summed E-state index contributed by atoms with van der Waals surface area (Å²) in [6.07, 6.45) is 5.25. The molecule has 0 amide bonds. The summed E-state index contributed by atoms with van der Waals surface area (Å²) in [5.41, 5.74) is 6.12. The topological polar surface area (TPSA) is 56.7 Å². The second-order valence-electron chi connectivity index (χ2n) is 4.49. The van der Waals surface area contributed by atoms with Crippen molar-refractivity contribution in [3.8, 4) is 0 Å². The van der Waals surface area contributed by atoms with E-state index in [2.05, 4.69) is 17.1 Å². The maximum Gasteiger partial charge on any atom is 0.137 e. The fraction of sp³-hybridized carbons (Fsp3) is 0.800. The van der Waals surface area contributed by atoms with Crippen LogP contribution in [0.5, 0.6) is 0 Å². The molecule has 0 saturated heterocycles. The number of hydrogen-bond acceptors (Lipinski definition) is 3. The van der Waals surface area contributed by atoms with Gasteiger partial charge < -0.3 is 10.3 Å². The van der Waals surface area contributed by atoms with Gasteiger partial charge in [-0.15, -0.1) is 10.2 Å². The van der Waals surface area contributed by atoms with E-state index < -0.39 is 0 Å². The molecule has 1 fully saturated rings. The first-order valence-corrected chi connectivity index (χ1v) is 5.28. The first-order chi connectivity index (χ1) is 6.68. The van der Waals surface area contributed by atoms with Crippen molar-refractivity contribution in [1.82, 2.24) is 14.8 Å². The maximum absolute atomic E-state index is 6.12. The largest absolute Gasteiger partial charge is 0.327 e. The molecule has 0 radical (unpaired) electrons. The van der Waals surface area contributed by atoms with E-state index >= 15 is 0 Å².